The number of carbonyl (C=O) groups is 2. The first-order chi connectivity index (χ1) is 14.4. The Bertz CT molecular complexity index is 986. The average Bonchev–Trinajstić information content (AvgIpc) is 3.48. The van der Waals surface area contributed by atoms with Crippen LogP contribution in [0.15, 0.2) is 30.7 Å². The lowest BCUT2D eigenvalue weighted by Gasteiger charge is -2.37. The van der Waals surface area contributed by atoms with Crippen LogP contribution < -0.4 is 5.32 Å². The Balaban J connectivity index is 1.37. The van der Waals surface area contributed by atoms with Crippen molar-refractivity contribution < 1.29 is 9.59 Å². The Morgan fingerprint density at radius 2 is 2.10 bits per heavy atom. The van der Waals surface area contributed by atoms with Gasteiger partial charge in [-0.05, 0) is 43.2 Å². The van der Waals surface area contributed by atoms with Crippen molar-refractivity contribution in [2.24, 2.45) is 11.3 Å². The number of pyridine rings is 1. The van der Waals surface area contributed by atoms with Gasteiger partial charge in [-0.25, -0.2) is 9.97 Å². The molecule has 0 unspecified atom stereocenters. The van der Waals surface area contributed by atoms with Crippen LogP contribution in [0, 0.1) is 11.3 Å². The number of aromatic nitrogens is 3. The molecule has 3 heterocycles. The molecule has 0 bridgehead atoms. The number of likely N-dealkylation sites (tertiary alicyclic amines) is 1. The molecule has 2 amide bonds. The number of nitrogens with one attached hydrogen (secondary N) is 1. The topological polar surface area (TPSA) is 88.1 Å². The summed E-state index contributed by atoms with van der Waals surface area (Å²) in [5.74, 6) is 0.483. The minimum atomic E-state index is -0.262. The van der Waals surface area contributed by atoms with Crippen molar-refractivity contribution in [3.63, 3.8) is 0 Å². The van der Waals surface area contributed by atoms with Gasteiger partial charge in [-0.1, -0.05) is 13.8 Å². The van der Waals surface area contributed by atoms with E-state index in [0.29, 0.717) is 24.8 Å². The van der Waals surface area contributed by atoms with E-state index in [4.69, 9.17) is 4.98 Å². The lowest BCUT2D eigenvalue weighted by atomic mass is 9.74. The normalized spacial score (nSPS) is 25.1. The van der Waals surface area contributed by atoms with Crippen molar-refractivity contribution >= 4 is 11.8 Å². The minimum absolute atomic E-state index is 0.0110. The highest BCUT2D eigenvalue weighted by Gasteiger charge is 2.43. The Morgan fingerprint density at radius 1 is 1.27 bits per heavy atom. The summed E-state index contributed by atoms with van der Waals surface area (Å²) < 4.78 is 0. The zero-order valence-electron chi connectivity index (χ0n) is 17.5. The van der Waals surface area contributed by atoms with Crippen molar-refractivity contribution in [1.82, 2.24) is 25.2 Å². The molecule has 2 aliphatic carbocycles. The van der Waals surface area contributed by atoms with Gasteiger partial charge in [0.1, 0.15) is 0 Å². The highest BCUT2D eigenvalue weighted by atomic mass is 16.2. The summed E-state index contributed by atoms with van der Waals surface area (Å²) in [6, 6.07) is 4.05. The second-order valence-electron chi connectivity index (χ2n) is 9.62. The molecular weight excluding hydrogens is 378 g/mol. The molecule has 1 saturated heterocycles. The highest BCUT2D eigenvalue weighted by Crippen LogP contribution is 2.41. The van der Waals surface area contributed by atoms with Gasteiger partial charge in [0, 0.05) is 48.7 Å². The van der Waals surface area contributed by atoms with E-state index in [1.54, 1.807) is 12.4 Å². The second kappa shape index (κ2) is 7.15. The number of hydrogen-bond acceptors (Lipinski definition) is 5. The number of hydrogen-bond donors (Lipinski definition) is 1. The highest BCUT2D eigenvalue weighted by molar-refractivity contribution is 5.89. The standard InChI is InChI=1S/C23H27N5O2/c1-23(2)9-18-17(12-25-21(26-18)14-4-3-7-24-11-14)19(10-23)27-22(30)15-8-20(29)28(13-15)16-5-6-16/h3-4,7,11-12,15-16,19H,5-6,8-10,13H2,1-2H3,(H,27,30)/t15-,19-/m1/s1. The van der Waals surface area contributed by atoms with Crippen molar-refractivity contribution in [3.8, 4) is 11.4 Å². The molecule has 156 valence electrons. The minimum Gasteiger partial charge on any atom is -0.349 e. The summed E-state index contributed by atoms with van der Waals surface area (Å²) in [4.78, 5) is 40.7. The molecule has 0 radical (unpaired) electrons. The van der Waals surface area contributed by atoms with Gasteiger partial charge in [0.15, 0.2) is 5.82 Å². The van der Waals surface area contributed by atoms with E-state index in [1.807, 2.05) is 23.2 Å². The summed E-state index contributed by atoms with van der Waals surface area (Å²) in [7, 11) is 0. The third kappa shape index (κ3) is 3.68. The van der Waals surface area contributed by atoms with Crippen LogP contribution in [0.5, 0.6) is 0 Å². The first-order valence-electron chi connectivity index (χ1n) is 10.8. The van der Waals surface area contributed by atoms with Crippen LogP contribution in [0.2, 0.25) is 0 Å². The van der Waals surface area contributed by atoms with Crippen molar-refractivity contribution in [3.05, 3.63) is 42.0 Å². The molecule has 2 atom stereocenters. The smallest absolute Gasteiger partial charge is 0.225 e. The fraction of sp³-hybridized carbons (Fsp3) is 0.522. The summed E-state index contributed by atoms with van der Waals surface area (Å²) in [5.41, 5.74) is 2.86. The molecule has 1 saturated carbocycles. The summed E-state index contributed by atoms with van der Waals surface area (Å²) in [6.07, 6.45) is 9.47. The molecule has 2 aromatic rings. The molecule has 1 aliphatic heterocycles. The predicted molar refractivity (Wildman–Crippen MR) is 111 cm³/mol. The SMILES string of the molecule is CC1(C)Cc2nc(-c3cccnc3)ncc2[C@H](NC(=O)[C@@H]2CC(=O)N(C3CC3)C2)C1. The predicted octanol–water partition coefficient (Wildman–Crippen LogP) is 2.68. The Labute approximate surface area is 176 Å². The van der Waals surface area contributed by atoms with E-state index in [0.717, 1.165) is 42.5 Å². The van der Waals surface area contributed by atoms with Gasteiger partial charge >= 0.3 is 0 Å². The summed E-state index contributed by atoms with van der Waals surface area (Å²) >= 11 is 0. The van der Waals surface area contributed by atoms with Gasteiger partial charge in [-0.15, -0.1) is 0 Å². The van der Waals surface area contributed by atoms with E-state index in [2.05, 4.69) is 29.1 Å². The van der Waals surface area contributed by atoms with Crippen molar-refractivity contribution in [2.45, 2.75) is 58.0 Å². The Kier molecular flexibility index (Phi) is 4.56. The summed E-state index contributed by atoms with van der Waals surface area (Å²) in [6.45, 7) is 4.96. The Hall–Kier alpha value is -2.83. The first-order valence-corrected chi connectivity index (χ1v) is 10.8. The molecule has 7 heteroatoms. The van der Waals surface area contributed by atoms with Crippen LogP contribution in [0.25, 0.3) is 11.4 Å². The zero-order chi connectivity index (χ0) is 20.9. The van der Waals surface area contributed by atoms with Gasteiger partial charge in [-0.2, -0.15) is 0 Å². The molecule has 30 heavy (non-hydrogen) atoms. The molecular formula is C23H27N5O2. The van der Waals surface area contributed by atoms with Gasteiger partial charge in [-0.3, -0.25) is 14.6 Å². The number of rotatable bonds is 4. The molecule has 3 aliphatic rings. The Morgan fingerprint density at radius 3 is 2.83 bits per heavy atom. The fourth-order valence-electron chi connectivity index (χ4n) is 4.75. The van der Waals surface area contributed by atoms with Crippen LogP contribution in [0.1, 0.15) is 56.8 Å². The maximum atomic E-state index is 13.0. The number of fused-ring (bicyclic) bond motifs is 1. The van der Waals surface area contributed by atoms with Gasteiger partial charge in [0.2, 0.25) is 11.8 Å². The largest absolute Gasteiger partial charge is 0.349 e. The number of amides is 2. The van der Waals surface area contributed by atoms with Crippen molar-refractivity contribution in [1.29, 1.82) is 0 Å². The molecule has 2 fully saturated rings. The quantitative estimate of drug-likeness (QED) is 0.845. The third-order valence-corrected chi connectivity index (χ3v) is 6.43. The monoisotopic (exact) mass is 405 g/mol. The first kappa shape index (κ1) is 19.2. The van der Waals surface area contributed by atoms with Gasteiger partial charge in [0.05, 0.1) is 17.7 Å². The number of carbonyl (C=O) groups excluding carboxylic acids is 2. The molecule has 0 spiro atoms. The van der Waals surface area contributed by atoms with E-state index < -0.39 is 0 Å². The van der Waals surface area contributed by atoms with Gasteiger partial charge in [0.25, 0.3) is 0 Å². The van der Waals surface area contributed by atoms with Gasteiger partial charge < -0.3 is 10.2 Å². The van der Waals surface area contributed by atoms with Crippen LogP contribution in [0.3, 0.4) is 0 Å². The molecule has 0 aromatic carbocycles. The zero-order valence-corrected chi connectivity index (χ0v) is 17.5. The maximum absolute atomic E-state index is 13.0. The van der Waals surface area contributed by atoms with E-state index in [1.165, 1.54) is 0 Å². The fourth-order valence-corrected chi connectivity index (χ4v) is 4.75. The van der Waals surface area contributed by atoms with Crippen LogP contribution >= 0.6 is 0 Å². The van der Waals surface area contributed by atoms with Crippen LogP contribution in [-0.4, -0.2) is 44.3 Å². The molecule has 2 aromatic heterocycles. The molecule has 7 nitrogen and oxygen atoms in total. The third-order valence-electron chi connectivity index (χ3n) is 6.43. The lowest BCUT2D eigenvalue weighted by molar-refractivity contribution is -0.129. The second-order valence-corrected chi connectivity index (χ2v) is 9.62. The lowest BCUT2D eigenvalue weighted by Crippen LogP contribution is -2.40. The maximum Gasteiger partial charge on any atom is 0.225 e. The van der Waals surface area contributed by atoms with E-state index in [9.17, 15) is 9.59 Å². The summed E-state index contributed by atoms with van der Waals surface area (Å²) in [5, 5.41) is 3.22. The van der Waals surface area contributed by atoms with E-state index >= 15 is 0 Å². The van der Waals surface area contributed by atoms with Crippen LogP contribution in [-0.2, 0) is 16.0 Å². The molecule has 5 rings (SSSR count). The number of nitrogens with zero attached hydrogens (tertiary/aromatic N) is 4. The van der Waals surface area contributed by atoms with Crippen LogP contribution in [0.4, 0.5) is 0 Å². The van der Waals surface area contributed by atoms with E-state index in [-0.39, 0.29) is 29.2 Å². The molecule has 1 N–H and O–H groups in total. The average molecular weight is 406 g/mol. The van der Waals surface area contributed by atoms with Crippen molar-refractivity contribution in [2.75, 3.05) is 6.54 Å².